The van der Waals surface area contributed by atoms with E-state index < -0.39 is 17.3 Å². The first kappa shape index (κ1) is 15.8. The van der Waals surface area contributed by atoms with Crippen molar-refractivity contribution in [2.45, 2.75) is 27.2 Å². The van der Waals surface area contributed by atoms with Crippen LogP contribution < -0.4 is 5.48 Å². The lowest BCUT2D eigenvalue weighted by atomic mass is 9.98. The van der Waals surface area contributed by atoms with Gasteiger partial charge in [0, 0.05) is 12.0 Å². The monoisotopic (exact) mass is 277 g/mol. The Morgan fingerprint density at radius 3 is 2.30 bits per heavy atom. The summed E-state index contributed by atoms with van der Waals surface area (Å²) in [6.07, 6.45) is 0.305. The van der Waals surface area contributed by atoms with Crippen LogP contribution in [0.15, 0.2) is 36.4 Å². The third-order valence-electron chi connectivity index (χ3n) is 2.52. The number of phenols is 1. The van der Waals surface area contributed by atoms with E-state index in [0.717, 1.165) is 5.56 Å². The number of hydroxylamine groups is 1. The summed E-state index contributed by atoms with van der Waals surface area (Å²) in [7, 11) is 0. The lowest BCUT2D eigenvalue weighted by Crippen LogP contribution is -2.34. The van der Waals surface area contributed by atoms with Gasteiger partial charge >= 0.3 is 5.97 Å². The van der Waals surface area contributed by atoms with E-state index in [2.05, 4.69) is 12.1 Å². The van der Waals surface area contributed by atoms with Gasteiger partial charge in [-0.3, -0.25) is 4.79 Å². The average molecular weight is 277 g/mol. The van der Waals surface area contributed by atoms with Crippen molar-refractivity contribution in [3.05, 3.63) is 42.0 Å². The number of amides is 1. The number of nitrogens with one attached hydrogen (secondary N) is 1. The molecule has 5 heteroatoms. The van der Waals surface area contributed by atoms with Crippen molar-refractivity contribution in [2.24, 2.45) is 5.41 Å². The molecule has 0 aliphatic rings. The number of rotatable bonds is 3. The minimum atomic E-state index is -0.689. The highest BCUT2D eigenvalue weighted by molar-refractivity contribution is 5.93. The maximum absolute atomic E-state index is 11.7. The predicted octanol–water partition coefficient (Wildman–Crippen LogP) is 2.11. The van der Waals surface area contributed by atoms with E-state index in [1.54, 1.807) is 32.9 Å². The first-order valence-electron chi connectivity index (χ1n) is 6.17. The second-order valence-electron chi connectivity index (χ2n) is 5.52. The van der Waals surface area contributed by atoms with Gasteiger partial charge in [-0.15, -0.1) is 0 Å². The van der Waals surface area contributed by atoms with Crippen molar-refractivity contribution >= 4 is 11.9 Å². The van der Waals surface area contributed by atoms with Crippen LogP contribution in [0, 0.1) is 5.41 Å². The highest BCUT2D eigenvalue weighted by atomic mass is 16.7. The molecule has 1 rings (SSSR count). The molecule has 1 aromatic carbocycles. The first-order valence-corrected chi connectivity index (χ1v) is 6.17. The molecule has 0 bridgehead atoms. The summed E-state index contributed by atoms with van der Waals surface area (Å²) >= 11 is 0. The molecule has 0 atom stereocenters. The second kappa shape index (κ2) is 6.23. The molecule has 0 saturated carbocycles. The van der Waals surface area contributed by atoms with Crippen LogP contribution in [-0.2, 0) is 20.8 Å². The zero-order valence-corrected chi connectivity index (χ0v) is 11.9. The van der Waals surface area contributed by atoms with Gasteiger partial charge in [-0.25, -0.2) is 4.79 Å². The topological polar surface area (TPSA) is 75.6 Å². The molecule has 1 amide bonds. The van der Waals surface area contributed by atoms with Crippen LogP contribution in [0.4, 0.5) is 0 Å². The standard InChI is InChI=1S/C15H19NO4/c1-10(9-11-5-7-12(17)8-6-11)13(18)16-20-14(19)15(2,3)4/h5-8,17H,1,9H2,2-4H3,(H,16,18). The van der Waals surface area contributed by atoms with Crippen LogP contribution >= 0.6 is 0 Å². The summed E-state index contributed by atoms with van der Waals surface area (Å²) < 4.78 is 0. The molecular formula is C15H19NO4. The fraction of sp³-hybridized carbons (Fsp3) is 0.333. The summed E-state index contributed by atoms with van der Waals surface area (Å²) in [6, 6.07) is 6.43. The number of phenolic OH excluding ortho intramolecular Hbond substituents is 1. The van der Waals surface area contributed by atoms with Gasteiger partial charge < -0.3 is 9.94 Å². The van der Waals surface area contributed by atoms with Crippen LogP contribution in [0.2, 0.25) is 0 Å². The zero-order chi connectivity index (χ0) is 15.3. The smallest absolute Gasteiger partial charge is 0.337 e. The van der Waals surface area contributed by atoms with Crippen LogP contribution in [0.3, 0.4) is 0 Å². The summed E-state index contributed by atoms with van der Waals surface area (Å²) in [5, 5.41) is 9.16. The minimum Gasteiger partial charge on any atom is -0.508 e. The molecule has 20 heavy (non-hydrogen) atoms. The molecule has 0 unspecified atom stereocenters. The number of carbonyl (C=O) groups excluding carboxylic acids is 2. The molecule has 0 fully saturated rings. The summed E-state index contributed by atoms with van der Waals surface area (Å²) in [5.74, 6) is -0.915. The van der Waals surface area contributed by atoms with Crippen molar-refractivity contribution in [1.82, 2.24) is 5.48 Å². The molecule has 0 aromatic heterocycles. The van der Waals surface area contributed by atoms with Gasteiger partial charge in [-0.05, 0) is 38.5 Å². The van der Waals surface area contributed by atoms with Gasteiger partial charge in [0.05, 0.1) is 5.41 Å². The van der Waals surface area contributed by atoms with Gasteiger partial charge in [0.1, 0.15) is 5.75 Å². The maximum Gasteiger partial charge on any atom is 0.337 e. The Labute approximate surface area is 118 Å². The van der Waals surface area contributed by atoms with E-state index in [4.69, 9.17) is 9.94 Å². The fourth-order valence-corrected chi connectivity index (χ4v) is 1.26. The zero-order valence-electron chi connectivity index (χ0n) is 11.9. The summed E-state index contributed by atoms with van der Waals surface area (Å²) in [5.41, 5.74) is 2.48. The Kier molecular flexibility index (Phi) is 4.91. The molecule has 2 N–H and O–H groups in total. The summed E-state index contributed by atoms with van der Waals surface area (Å²) in [6.45, 7) is 8.71. The largest absolute Gasteiger partial charge is 0.508 e. The van der Waals surface area contributed by atoms with Crippen molar-refractivity contribution in [3.8, 4) is 5.75 Å². The summed E-state index contributed by atoms with van der Waals surface area (Å²) in [4.78, 5) is 27.9. The Bertz CT molecular complexity index is 512. The Hall–Kier alpha value is -2.30. The normalized spacial score (nSPS) is 10.8. The Morgan fingerprint density at radius 1 is 1.25 bits per heavy atom. The highest BCUT2D eigenvalue weighted by Crippen LogP contribution is 2.15. The quantitative estimate of drug-likeness (QED) is 0.655. The maximum atomic E-state index is 11.7. The van der Waals surface area contributed by atoms with Gasteiger partial charge in [-0.1, -0.05) is 18.7 Å². The van der Waals surface area contributed by atoms with Crippen molar-refractivity contribution in [3.63, 3.8) is 0 Å². The third-order valence-corrected chi connectivity index (χ3v) is 2.52. The van der Waals surface area contributed by atoms with Crippen molar-refractivity contribution in [1.29, 1.82) is 0 Å². The Balaban J connectivity index is 2.50. The number of hydrogen-bond acceptors (Lipinski definition) is 4. The predicted molar refractivity (Wildman–Crippen MR) is 74.6 cm³/mol. The van der Waals surface area contributed by atoms with E-state index >= 15 is 0 Å². The fourth-order valence-electron chi connectivity index (χ4n) is 1.26. The van der Waals surface area contributed by atoms with E-state index in [1.807, 2.05) is 0 Å². The van der Waals surface area contributed by atoms with Crippen LogP contribution in [-0.4, -0.2) is 17.0 Å². The average Bonchev–Trinajstić information content (AvgIpc) is 2.36. The van der Waals surface area contributed by atoms with Gasteiger partial charge in [0.2, 0.25) is 0 Å². The molecule has 5 nitrogen and oxygen atoms in total. The van der Waals surface area contributed by atoms with Crippen LogP contribution in [0.5, 0.6) is 5.75 Å². The molecule has 0 aliphatic carbocycles. The molecule has 0 heterocycles. The molecule has 0 spiro atoms. The van der Waals surface area contributed by atoms with Gasteiger partial charge in [-0.2, -0.15) is 5.48 Å². The number of carbonyl (C=O) groups is 2. The second-order valence-corrected chi connectivity index (χ2v) is 5.52. The van der Waals surface area contributed by atoms with Gasteiger partial charge in [0.25, 0.3) is 5.91 Å². The third kappa shape index (κ3) is 4.76. The van der Waals surface area contributed by atoms with E-state index in [1.165, 1.54) is 12.1 Å². The Morgan fingerprint density at radius 2 is 1.80 bits per heavy atom. The first-order chi connectivity index (χ1) is 9.20. The number of hydrogen-bond donors (Lipinski definition) is 2. The van der Waals surface area contributed by atoms with Crippen LogP contribution in [0.25, 0.3) is 0 Å². The van der Waals surface area contributed by atoms with Crippen molar-refractivity contribution in [2.75, 3.05) is 0 Å². The molecule has 1 aromatic rings. The lowest BCUT2D eigenvalue weighted by molar-refractivity contribution is -0.165. The highest BCUT2D eigenvalue weighted by Gasteiger charge is 2.24. The van der Waals surface area contributed by atoms with Crippen LogP contribution in [0.1, 0.15) is 26.3 Å². The molecular weight excluding hydrogens is 258 g/mol. The SMILES string of the molecule is C=C(Cc1ccc(O)cc1)C(=O)NOC(=O)C(C)(C)C. The molecule has 0 radical (unpaired) electrons. The lowest BCUT2D eigenvalue weighted by Gasteiger charge is -2.16. The molecule has 0 aliphatic heterocycles. The number of aromatic hydroxyl groups is 1. The molecule has 0 saturated heterocycles. The van der Waals surface area contributed by atoms with Gasteiger partial charge in [0.15, 0.2) is 0 Å². The minimum absolute atomic E-state index is 0.155. The van der Waals surface area contributed by atoms with E-state index in [9.17, 15) is 9.59 Å². The van der Waals surface area contributed by atoms with E-state index in [-0.39, 0.29) is 11.3 Å². The van der Waals surface area contributed by atoms with E-state index in [0.29, 0.717) is 6.42 Å². The van der Waals surface area contributed by atoms with Crippen molar-refractivity contribution < 1.29 is 19.5 Å². The number of benzene rings is 1. The molecule has 108 valence electrons.